The molecule has 3 nitrogen and oxygen atoms in total. The van der Waals surface area contributed by atoms with Crippen LogP contribution in [0.25, 0.3) is 0 Å². The Kier molecular flexibility index (Phi) is 4.54. The SMILES string of the molecule is CCCCN=C(C)C(=O)O. The number of hydrogen-bond acceptors (Lipinski definition) is 2. The predicted octanol–water partition coefficient (Wildman–Crippen LogP) is 1.33. The Morgan fingerprint density at radius 1 is 1.60 bits per heavy atom. The molecule has 1 N–H and O–H groups in total. The van der Waals surface area contributed by atoms with Crippen LogP contribution in [0.5, 0.6) is 0 Å². The topological polar surface area (TPSA) is 49.7 Å². The summed E-state index contributed by atoms with van der Waals surface area (Å²) < 4.78 is 0. The molecule has 0 aliphatic carbocycles. The second kappa shape index (κ2) is 4.97. The quantitative estimate of drug-likeness (QED) is 0.476. The Labute approximate surface area is 60.8 Å². The lowest BCUT2D eigenvalue weighted by Crippen LogP contribution is -2.08. The lowest BCUT2D eigenvalue weighted by Gasteiger charge is -1.91. The maximum absolute atomic E-state index is 10.2. The third-order valence-corrected chi connectivity index (χ3v) is 1.17. The first-order valence-electron chi connectivity index (χ1n) is 3.42. The van der Waals surface area contributed by atoms with Gasteiger partial charge in [-0.05, 0) is 13.3 Å². The molecule has 0 unspecified atom stereocenters. The average molecular weight is 143 g/mol. The number of carboxylic acids is 1. The van der Waals surface area contributed by atoms with E-state index in [1.807, 2.05) is 6.92 Å². The average Bonchev–Trinajstić information content (AvgIpc) is 1.88. The zero-order valence-electron chi connectivity index (χ0n) is 6.42. The van der Waals surface area contributed by atoms with E-state index in [1.165, 1.54) is 6.92 Å². The molecule has 0 atom stereocenters. The van der Waals surface area contributed by atoms with Gasteiger partial charge in [0.25, 0.3) is 0 Å². The van der Waals surface area contributed by atoms with Gasteiger partial charge in [-0.25, -0.2) is 4.79 Å². The van der Waals surface area contributed by atoms with Crippen molar-refractivity contribution in [3.8, 4) is 0 Å². The molecule has 0 heterocycles. The van der Waals surface area contributed by atoms with E-state index in [1.54, 1.807) is 0 Å². The van der Waals surface area contributed by atoms with Crippen molar-refractivity contribution < 1.29 is 9.90 Å². The van der Waals surface area contributed by atoms with Crippen molar-refractivity contribution in [2.75, 3.05) is 6.54 Å². The second-order valence-corrected chi connectivity index (χ2v) is 2.13. The van der Waals surface area contributed by atoms with Crippen LogP contribution in [0.4, 0.5) is 0 Å². The molecular weight excluding hydrogens is 130 g/mol. The molecule has 0 aliphatic heterocycles. The molecule has 0 radical (unpaired) electrons. The van der Waals surface area contributed by atoms with Crippen LogP contribution in [0.1, 0.15) is 26.7 Å². The number of unbranched alkanes of at least 4 members (excludes halogenated alkanes) is 1. The highest BCUT2D eigenvalue weighted by Crippen LogP contribution is 1.87. The van der Waals surface area contributed by atoms with Crippen LogP contribution in [0.2, 0.25) is 0 Å². The summed E-state index contributed by atoms with van der Waals surface area (Å²) in [5, 5.41) is 8.35. The summed E-state index contributed by atoms with van der Waals surface area (Å²) in [5.41, 5.74) is 0.202. The number of hydrogen-bond donors (Lipinski definition) is 1. The van der Waals surface area contributed by atoms with Crippen molar-refractivity contribution in [2.45, 2.75) is 26.7 Å². The first-order valence-corrected chi connectivity index (χ1v) is 3.42. The molecule has 58 valence electrons. The van der Waals surface area contributed by atoms with Crippen LogP contribution in [0.15, 0.2) is 4.99 Å². The minimum atomic E-state index is -0.920. The first kappa shape index (κ1) is 9.14. The molecule has 0 saturated heterocycles. The summed E-state index contributed by atoms with van der Waals surface area (Å²) in [4.78, 5) is 14.0. The third-order valence-electron chi connectivity index (χ3n) is 1.17. The molecule has 0 rings (SSSR count). The van der Waals surface area contributed by atoms with E-state index in [0.717, 1.165) is 12.8 Å². The Bertz CT molecular complexity index is 141. The van der Waals surface area contributed by atoms with Gasteiger partial charge in [0.2, 0.25) is 0 Å². The smallest absolute Gasteiger partial charge is 0.349 e. The molecule has 10 heavy (non-hydrogen) atoms. The minimum Gasteiger partial charge on any atom is -0.477 e. The van der Waals surface area contributed by atoms with Crippen molar-refractivity contribution >= 4 is 11.7 Å². The van der Waals surface area contributed by atoms with Gasteiger partial charge >= 0.3 is 5.97 Å². The van der Waals surface area contributed by atoms with Crippen LogP contribution < -0.4 is 0 Å². The maximum Gasteiger partial charge on any atom is 0.349 e. The van der Waals surface area contributed by atoms with E-state index in [9.17, 15) is 4.79 Å². The van der Waals surface area contributed by atoms with E-state index in [0.29, 0.717) is 6.54 Å². The molecule has 3 heteroatoms. The fraction of sp³-hybridized carbons (Fsp3) is 0.714. The summed E-state index contributed by atoms with van der Waals surface area (Å²) in [7, 11) is 0. The van der Waals surface area contributed by atoms with E-state index in [2.05, 4.69) is 4.99 Å². The Morgan fingerprint density at radius 2 is 2.20 bits per heavy atom. The second-order valence-electron chi connectivity index (χ2n) is 2.13. The number of carboxylic acid groups (broad SMARTS) is 1. The van der Waals surface area contributed by atoms with Gasteiger partial charge in [0, 0.05) is 6.54 Å². The summed E-state index contributed by atoms with van der Waals surface area (Å²) in [6.07, 6.45) is 2.01. The first-order chi connectivity index (χ1) is 4.68. The van der Waals surface area contributed by atoms with Crippen molar-refractivity contribution in [3.05, 3.63) is 0 Å². The van der Waals surface area contributed by atoms with Gasteiger partial charge < -0.3 is 5.11 Å². The summed E-state index contributed by atoms with van der Waals surface area (Å²) in [5.74, 6) is -0.920. The van der Waals surface area contributed by atoms with Crippen molar-refractivity contribution in [2.24, 2.45) is 4.99 Å². The predicted molar refractivity (Wildman–Crippen MR) is 40.5 cm³/mol. The third kappa shape index (κ3) is 4.06. The normalized spacial score (nSPS) is 11.6. The Morgan fingerprint density at radius 3 is 2.60 bits per heavy atom. The summed E-state index contributed by atoms with van der Waals surface area (Å²) >= 11 is 0. The highest BCUT2D eigenvalue weighted by Gasteiger charge is 1.98. The molecule has 0 fully saturated rings. The molecule has 0 spiro atoms. The van der Waals surface area contributed by atoms with Crippen molar-refractivity contribution in [1.29, 1.82) is 0 Å². The van der Waals surface area contributed by atoms with Gasteiger partial charge in [-0.1, -0.05) is 13.3 Å². The molecule has 0 saturated carbocycles. The number of carbonyl (C=O) groups is 1. The lowest BCUT2D eigenvalue weighted by molar-refractivity contribution is -0.129. The fourth-order valence-electron chi connectivity index (χ4n) is 0.473. The highest BCUT2D eigenvalue weighted by atomic mass is 16.4. The van der Waals surface area contributed by atoms with E-state index < -0.39 is 5.97 Å². The molecule has 0 amide bonds. The van der Waals surface area contributed by atoms with Gasteiger partial charge in [0.1, 0.15) is 5.71 Å². The standard InChI is InChI=1S/C7H13NO2/c1-3-4-5-8-6(2)7(9)10/h3-5H2,1-2H3,(H,9,10). The van der Waals surface area contributed by atoms with Crippen LogP contribution >= 0.6 is 0 Å². The van der Waals surface area contributed by atoms with Gasteiger partial charge in [0.05, 0.1) is 0 Å². The molecule has 0 aromatic carbocycles. The highest BCUT2D eigenvalue weighted by molar-refractivity contribution is 6.34. The molecule has 0 aliphatic rings. The fourth-order valence-corrected chi connectivity index (χ4v) is 0.473. The molecule has 0 aromatic heterocycles. The van der Waals surface area contributed by atoms with Crippen molar-refractivity contribution in [3.63, 3.8) is 0 Å². The molecule has 0 bridgehead atoms. The zero-order valence-corrected chi connectivity index (χ0v) is 6.42. The molecule has 0 aromatic rings. The number of rotatable bonds is 4. The zero-order chi connectivity index (χ0) is 7.98. The maximum atomic E-state index is 10.2. The van der Waals surface area contributed by atoms with E-state index in [4.69, 9.17) is 5.11 Å². The van der Waals surface area contributed by atoms with E-state index >= 15 is 0 Å². The number of aliphatic carboxylic acids is 1. The van der Waals surface area contributed by atoms with Crippen molar-refractivity contribution in [1.82, 2.24) is 0 Å². The number of nitrogens with zero attached hydrogens (tertiary/aromatic N) is 1. The Hall–Kier alpha value is -0.860. The summed E-state index contributed by atoms with van der Waals surface area (Å²) in [6.45, 7) is 4.19. The monoisotopic (exact) mass is 143 g/mol. The summed E-state index contributed by atoms with van der Waals surface area (Å²) in [6, 6.07) is 0. The van der Waals surface area contributed by atoms with Crippen LogP contribution in [0, 0.1) is 0 Å². The van der Waals surface area contributed by atoms with Crippen LogP contribution in [0.3, 0.4) is 0 Å². The Balaban J connectivity index is 3.58. The largest absolute Gasteiger partial charge is 0.477 e. The van der Waals surface area contributed by atoms with Crippen LogP contribution in [-0.4, -0.2) is 23.3 Å². The van der Waals surface area contributed by atoms with E-state index in [-0.39, 0.29) is 5.71 Å². The molecular formula is C7H13NO2. The van der Waals surface area contributed by atoms with Gasteiger partial charge in [-0.15, -0.1) is 0 Å². The number of aliphatic imine (C=N–C) groups is 1. The van der Waals surface area contributed by atoms with Gasteiger partial charge in [-0.2, -0.15) is 0 Å². The lowest BCUT2D eigenvalue weighted by atomic mass is 10.3. The minimum absolute atomic E-state index is 0.202. The van der Waals surface area contributed by atoms with Crippen LogP contribution in [-0.2, 0) is 4.79 Å². The van der Waals surface area contributed by atoms with Gasteiger partial charge in [0.15, 0.2) is 0 Å². The van der Waals surface area contributed by atoms with Gasteiger partial charge in [-0.3, -0.25) is 4.99 Å².